The lowest BCUT2D eigenvalue weighted by Gasteiger charge is -2.38. The lowest BCUT2D eigenvalue weighted by molar-refractivity contribution is -0.136. The molecule has 2 unspecified atom stereocenters. The summed E-state index contributed by atoms with van der Waals surface area (Å²) in [6.45, 7) is 3.47. The number of piperidine rings is 1. The molecule has 0 radical (unpaired) electrons. The fourth-order valence-corrected chi connectivity index (χ4v) is 3.19. The molecule has 3 heteroatoms. The highest BCUT2D eigenvalue weighted by atomic mass is 16.2. The molecule has 110 valence electrons. The fourth-order valence-electron chi connectivity index (χ4n) is 3.19. The van der Waals surface area contributed by atoms with Crippen LogP contribution in [0.25, 0.3) is 0 Å². The van der Waals surface area contributed by atoms with Crippen molar-refractivity contribution in [1.82, 2.24) is 4.90 Å². The summed E-state index contributed by atoms with van der Waals surface area (Å²) in [5.41, 5.74) is 6.93. The lowest BCUT2D eigenvalue weighted by atomic mass is 9.93. The van der Waals surface area contributed by atoms with Gasteiger partial charge in [-0.1, -0.05) is 43.7 Å². The number of carbonyl (C=O) groups is 1. The Labute approximate surface area is 122 Å². The summed E-state index contributed by atoms with van der Waals surface area (Å²) in [6, 6.07) is 10.4. The summed E-state index contributed by atoms with van der Waals surface area (Å²) in [7, 11) is 0. The zero-order valence-electron chi connectivity index (χ0n) is 12.4. The highest BCUT2D eigenvalue weighted by Gasteiger charge is 2.31. The maximum atomic E-state index is 12.9. The monoisotopic (exact) mass is 274 g/mol. The largest absolute Gasteiger partial charge is 0.339 e. The summed E-state index contributed by atoms with van der Waals surface area (Å²) < 4.78 is 0. The topological polar surface area (TPSA) is 46.3 Å². The average Bonchev–Trinajstić information content (AvgIpc) is 2.50. The Balaban J connectivity index is 2.14. The molecule has 1 aliphatic rings. The molecule has 0 aromatic heterocycles. The molecule has 2 N–H and O–H groups in total. The summed E-state index contributed by atoms with van der Waals surface area (Å²) in [5.74, 6) is 0.0329. The van der Waals surface area contributed by atoms with Crippen molar-refractivity contribution < 1.29 is 4.79 Å². The predicted molar refractivity (Wildman–Crippen MR) is 82.5 cm³/mol. The molecular weight excluding hydrogens is 248 g/mol. The van der Waals surface area contributed by atoms with E-state index in [-0.39, 0.29) is 11.8 Å². The molecule has 1 heterocycles. The smallest absolute Gasteiger partial charge is 0.231 e. The zero-order valence-corrected chi connectivity index (χ0v) is 12.4. The number of benzene rings is 1. The van der Waals surface area contributed by atoms with Gasteiger partial charge in [0.25, 0.3) is 0 Å². The van der Waals surface area contributed by atoms with Crippen LogP contribution in [-0.4, -0.2) is 29.9 Å². The van der Waals surface area contributed by atoms with E-state index in [1.807, 2.05) is 30.3 Å². The third-order valence-corrected chi connectivity index (χ3v) is 4.27. The van der Waals surface area contributed by atoms with Gasteiger partial charge in [0.05, 0.1) is 5.92 Å². The van der Waals surface area contributed by atoms with Crippen molar-refractivity contribution in [2.24, 2.45) is 5.73 Å². The number of nitrogens with zero attached hydrogens (tertiary/aromatic N) is 1. The number of nitrogens with two attached hydrogens (primary N) is 1. The Hall–Kier alpha value is -1.35. The first-order valence-corrected chi connectivity index (χ1v) is 7.83. The number of likely N-dealkylation sites (tertiary alicyclic amines) is 1. The van der Waals surface area contributed by atoms with Crippen LogP contribution in [0.15, 0.2) is 30.3 Å². The SMILES string of the molecule is CCCC1CCCCN1C(=O)C(CN)c1ccccc1. The Morgan fingerprint density at radius 2 is 2.10 bits per heavy atom. The minimum atomic E-state index is -0.186. The van der Waals surface area contributed by atoms with Crippen molar-refractivity contribution in [3.8, 4) is 0 Å². The van der Waals surface area contributed by atoms with E-state index in [1.165, 1.54) is 6.42 Å². The fraction of sp³-hybridized carbons (Fsp3) is 0.588. The molecule has 0 spiro atoms. The summed E-state index contributed by atoms with van der Waals surface area (Å²) in [6.07, 6.45) is 5.75. The summed E-state index contributed by atoms with van der Waals surface area (Å²) >= 11 is 0. The quantitative estimate of drug-likeness (QED) is 0.897. The standard InChI is InChI=1S/C17H26N2O/c1-2-8-15-11-6-7-12-19(15)17(20)16(13-18)14-9-4-3-5-10-14/h3-5,9-10,15-16H,2,6-8,11-13,18H2,1H3. The first-order chi connectivity index (χ1) is 9.77. The maximum absolute atomic E-state index is 12.9. The van der Waals surface area contributed by atoms with Gasteiger partial charge in [0.2, 0.25) is 5.91 Å². The van der Waals surface area contributed by atoms with Crippen molar-refractivity contribution in [3.63, 3.8) is 0 Å². The molecule has 1 fully saturated rings. The molecule has 2 rings (SSSR count). The highest BCUT2D eigenvalue weighted by Crippen LogP contribution is 2.26. The van der Waals surface area contributed by atoms with Crippen LogP contribution in [0.5, 0.6) is 0 Å². The second-order valence-corrected chi connectivity index (χ2v) is 5.67. The second-order valence-electron chi connectivity index (χ2n) is 5.67. The average molecular weight is 274 g/mol. The molecule has 1 aromatic rings. The molecule has 0 saturated carbocycles. The number of hydrogen-bond acceptors (Lipinski definition) is 2. The Kier molecular flexibility index (Phi) is 5.60. The Bertz CT molecular complexity index is 416. The van der Waals surface area contributed by atoms with Gasteiger partial charge in [-0.2, -0.15) is 0 Å². The van der Waals surface area contributed by atoms with E-state index in [0.29, 0.717) is 12.6 Å². The van der Waals surface area contributed by atoms with Crippen LogP contribution in [0.4, 0.5) is 0 Å². The van der Waals surface area contributed by atoms with Gasteiger partial charge in [-0.05, 0) is 31.2 Å². The Morgan fingerprint density at radius 1 is 1.35 bits per heavy atom. The van der Waals surface area contributed by atoms with Gasteiger partial charge >= 0.3 is 0 Å². The van der Waals surface area contributed by atoms with Crippen LogP contribution in [0, 0.1) is 0 Å². The van der Waals surface area contributed by atoms with Gasteiger partial charge in [0, 0.05) is 19.1 Å². The Morgan fingerprint density at radius 3 is 2.75 bits per heavy atom. The van der Waals surface area contributed by atoms with E-state index in [4.69, 9.17) is 5.73 Å². The minimum absolute atomic E-state index is 0.186. The van der Waals surface area contributed by atoms with E-state index in [0.717, 1.165) is 37.8 Å². The van der Waals surface area contributed by atoms with Gasteiger partial charge in [-0.25, -0.2) is 0 Å². The molecule has 0 bridgehead atoms. The van der Waals surface area contributed by atoms with Gasteiger partial charge < -0.3 is 10.6 Å². The third kappa shape index (κ3) is 3.40. The number of carbonyl (C=O) groups excluding carboxylic acids is 1. The highest BCUT2D eigenvalue weighted by molar-refractivity contribution is 5.84. The van der Waals surface area contributed by atoms with E-state index in [2.05, 4.69) is 11.8 Å². The van der Waals surface area contributed by atoms with E-state index < -0.39 is 0 Å². The summed E-state index contributed by atoms with van der Waals surface area (Å²) in [4.78, 5) is 15.0. The van der Waals surface area contributed by atoms with Crippen molar-refractivity contribution in [3.05, 3.63) is 35.9 Å². The van der Waals surface area contributed by atoms with Crippen molar-refractivity contribution in [2.75, 3.05) is 13.1 Å². The van der Waals surface area contributed by atoms with Crippen LogP contribution in [-0.2, 0) is 4.79 Å². The molecule has 1 aliphatic heterocycles. The van der Waals surface area contributed by atoms with Gasteiger partial charge in [-0.3, -0.25) is 4.79 Å². The third-order valence-electron chi connectivity index (χ3n) is 4.27. The lowest BCUT2D eigenvalue weighted by Crippen LogP contribution is -2.47. The molecule has 1 aromatic carbocycles. The van der Waals surface area contributed by atoms with Crippen LogP contribution in [0.1, 0.15) is 50.5 Å². The van der Waals surface area contributed by atoms with Gasteiger partial charge in [0.15, 0.2) is 0 Å². The number of rotatable bonds is 5. The zero-order chi connectivity index (χ0) is 14.4. The second kappa shape index (κ2) is 7.44. The van der Waals surface area contributed by atoms with Gasteiger partial charge in [-0.15, -0.1) is 0 Å². The molecule has 0 aliphatic carbocycles. The van der Waals surface area contributed by atoms with E-state index >= 15 is 0 Å². The first kappa shape index (κ1) is 15.0. The van der Waals surface area contributed by atoms with Crippen LogP contribution in [0.2, 0.25) is 0 Å². The van der Waals surface area contributed by atoms with Crippen LogP contribution in [0.3, 0.4) is 0 Å². The van der Waals surface area contributed by atoms with Crippen molar-refractivity contribution in [1.29, 1.82) is 0 Å². The van der Waals surface area contributed by atoms with E-state index in [9.17, 15) is 4.79 Å². The van der Waals surface area contributed by atoms with E-state index in [1.54, 1.807) is 0 Å². The molecule has 1 saturated heterocycles. The number of amides is 1. The summed E-state index contributed by atoms with van der Waals surface area (Å²) in [5, 5.41) is 0. The maximum Gasteiger partial charge on any atom is 0.231 e. The normalized spacial score (nSPS) is 20.7. The molecule has 2 atom stereocenters. The molecular formula is C17H26N2O. The van der Waals surface area contributed by atoms with Gasteiger partial charge in [0.1, 0.15) is 0 Å². The predicted octanol–water partition coefficient (Wildman–Crippen LogP) is 2.91. The molecule has 3 nitrogen and oxygen atoms in total. The van der Waals surface area contributed by atoms with Crippen molar-refractivity contribution >= 4 is 5.91 Å². The number of hydrogen-bond donors (Lipinski definition) is 1. The van der Waals surface area contributed by atoms with Crippen LogP contribution < -0.4 is 5.73 Å². The molecule has 20 heavy (non-hydrogen) atoms. The first-order valence-electron chi connectivity index (χ1n) is 7.83. The van der Waals surface area contributed by atoms with Crippen LogP contribution >= 0.6 is 0 Å². The molecule has 1 amide bonds. The van der Waals surface area contributed by atoms with Crippen molar-refractivity contribution in [2.45, 2.75) is 51.0 Å². The minimum Gasteiger partial charge on any atom is -0.339 e.